The molecule has 4 heteroatoms. The lowest BCUT2D eigenvalue weighted by Gasteiger charge is -2.29. The van der Waals surface area contributed by atoms with Gasteiger partial charge in [-0.1, -0.05) is 6.07 Å². The number of piperidine rings is 1. The van der Waals surface area contributed by atoms with Gasteiger partial charge in [0.05, 0.1) is 0 Å². The second kappa shape index (κ2) is 7.67. The maximum Gasteiger partial charge on any atom is 0.0386 e. The number of nitrogens with zero attached hydrogens (tertiary/aromatic N) is 2. The highest BCUT2D eigenvalue weighted by Gasteiger charge is 2.10. The molecule has 1 heterocycles. The maximum absolute atomic E-state index is 2.50. The normalized spacial score (nSPS) is 14.6. The molecule has 0 saturated carbocycles. The fraction of sp³-hybridized carbons (Fsp3) is 0.538. The molecule has 0 N–H and O–H groups in total. The summed E-state index contributed by atoms with van der Waals surface area (Å²) < 4.78 is 0. The first-order chi connectivity index (χ1) is 7.27. The lowest BCUT2D eigenvalue weighted by atomic mass is 10.1. The highest BCUT2D eigenvalue weighted by atomic mass is 35.5. The lowest BCUT2D eigenvalue weighted by Crippen LogP contribution is -2.29. The number of hydrogen-bond acceptors (Lipinski definition) is 2. The predicted molar refractivity (Wildman–Crippen MR) is 81.3 cm³/mol. The van der Waals surface area contributed by atoms with Gasteiger partial charge in [-0.05, 0) is 37.5 Å². The highest BCUT2D eigenvalue weighted by Crippen LogP contribution is 2.23. The van der Waals surface area contributed by atoms with E-state index in [-0.39, 0.29) is 24.8 Å². The number of rotatable bonds is 2. The van der Waals surface area contributed by atoms with Gasteiger partial charge in [-0.25, -0.2) is 0 Å². The average Bonchev–Trinajstić information content (AvgIpc) is 2.30. The van der Waals surface area contributed by atoms with E-state index in [4.69, 9.17) is 0 Å². The molecule has 0 aliphatic carbocycles. The average molecular weight is 277 g/mol. The Balaban J connectivity index is 0.00000128. The van der Waals surface area contributed by atoms with Crippen molar-refractivity contribution in [1.82, 2.24) is 0 Å². The molecule has 1 saturated heterocycles. The minimum atomic E-state index is 0. The van der Waals surface area contributed by atoms with Gasteiger partial charge in [-0.15, -0.1) is 24.8 Å². The van der Waals surface area contributed by atoms with Crippen LogP contribution < -0.4 is 9.80 Å². The topological polar surface area (TPSA) is 6.48 Å². The number of benzene rings is 1. The SMILES string of the molecule is CN(C)c1cccc(N2CCCCC2)c1.Cl.Cl. The third-order valence-corrected chi connectivity index (χ3v) is 3.07. The van der Waals surface area contributed by atoms with Gasteiger partial charge in [-0.3, -0.25) is 0 Å². The molecule has 17 heavy (non-hydrogen) atoms. The summed E-state index contributed by atoms with van der Waals surface area (Å²) in [6, 6.07) is 8.82. The highest BCUT2D eigenvalue weighted by molar-refractivity contribution is 5.85. The van der Waals surface area contributed by atoms with E-state index in [0.717, 1.165) is 0 Å². The molecule has 1 aromatic rings. The Labute approximate surface area is 117 Å². The summed E-state index contributed by atoms with van der Waals surface area (Å²) in [7, 11) is 4.19. The van der Waals surface area contributed by atoms with Crippen molar-refractivity contribution in [1.29, 1.82) is 0 Å². The van der Waals surface area contributed by atoms with Crippen molar-refractivity contribution in [2.24, 2.45) is 0 Å². The van der Waals surface area contributed by atoms with Gasteiger partial charge in [-0.2, -0.15) is 0 Å². The molecule has 2 nitrogen and oxygen atoms in total. The number of halogens is 2. The minimum Gasteiger partial charge on any atom is -0.378 e. The molecular formula is C13H22Cl2N2. The Kier molecular flexibility index (Phi) is 7.40. The Morgan fingerprint density at radius 2 is 1.65 bits per heavy atom. The van der Waals surface area contributed by atoms with Crippen molar-refractivity contribution in [3.05, 3.63) is 24.3 Å². The van der Waals surface area contributed by atoms with E-state index in [1.165, 1.54) is 43.7 Å². The molecule has 1 aliphatic rings. The van der Waals surface area contributed by atoms with E-state index in [2.05, 4.69) is 48.2 Å². The Bertz CT molecular complexity index is 323. The fourth-order valence-corrected chi connectivity index (χ4v) is 2.12. The van der Waals surface area contributed by atoms with Crippen LogP contribution in [-0.4, -0.2) is 27.2 Å². The van der Waals surface area contributed by atoms with E-state index in [9.17, 15) is 0 Å². The van der Waals surface area contributed by atoms with Gasteiger partial charge >= 0.3 is 0 Å². The van der Waals surface area contributed by atoms with Gasteiger partial charge in [0.2, 0.25) is 0 Å². The predicted octanol–water partition coefficient (Wildman–Crippen LogP) is 3.59. The van der Waals surface area contributed by atoms with Crippen molar-refractivity contribution >= 4 is 36.2 Å². The number of hydrogen-bond donors (Lipinski definition) is 0. The fourth-order valence-electron chi connectivity index (χ4n) is 2.12. The van der Waals surface area contributed by atoms with Crippen molar-refractivity contribution in [3.8, 4) is 0 Å². The molecule has 1 aliphatic heterocycles. The van der Waals surface area contributed by atoms with Crippen LogP contribution in [0.25, 0.3) is 0 Å². The van der Waals surface area contributed by atoms with Gasteiger partial charge in [0, 0.05) is 38.6 Å². The van der Waals surface area contributed by atoms with Crippen LogP contribution in [0.1, 0.15) is 19.3 Å². The minimum absolute atomic E-state index is 0. The smallest absolute Gasteiger partial charge is 0.0386 e. The van der Waals surface area contributed by atoms with Crippen molar-refractivity contribution in [2.75, 3.05) is 37.0 Å². The standard InChI is InChI=1S/C13H20N2.2ClH/c1-14(2)12-7-6-8-13(11-12)15-9-4-3-5-10-15;;/h6-8,11H,3-5,9-10H2,1-2H3;2*1H. The molecule has 0 amide bonds. The van der Waals surface area contributed by atoms with Crippen LogP contribution in [0.4, 0.5) is 11.4 Å². The maximum atomic E-state index is 2.50. The molecule has 98 valence electrons. The largest absolute Gasteiger partial charge is 0.378 e. The summed E-state index contributed by atoms with van der Waals surface area (Å²) in [4.78, 5) is 4.66. The van der Waals surface area contributed by atoms with Gasteiger partial charge < -0.3 is 9.80 Å². The second-order valence-corrected chi connectivity index (χ2v) is 4.46. The molecule has 1 aromatic carbocycles. The Morgan fingerprint density at radius 3 is 2.24 bits per heavy atom. The van der Waals surface area contributed by atoms with Crippen molar-refractivity contribution < 1.29 is 0 Å². The van der Waals surface area contributed by atoms with Crippen LogP contribution in [0.15, 0.2) is 24.3 Å². The molecule has 1 fully saturated rings. The summed E-state index contributed by atoms with van der Waals surface area (Å²) >= 11 is 0. The van der Waals surface area contributed by atoms with E-state index in [1.54, 1.807) is 0 Å². The monoisotopic (exact) mass is 276 g/mol. The third kappa shape index (κ3) is 4.29. The quantitative estimate of drug-likeness (QED) is 0.815. The second-order valence-electron chi connectivity index (χ2n) is 4.46. The van der Waals surface area contributed by atoms with Crippen LogP contribution >= 0.6 is 24.8 Å². The summed E-state index contributed by atoms with van der Waals surface area (Å²) in [5, 5.41) is 0. The number of anilines is 2. The van der Waals surface area contributed by atoms with Crippen LogP contribution in [-0.2, 0) is 0 Å². The van der Waals surface area contributed by atoms with Crippen LogP contribution in [0.2, 0.25) is 0 Å². The third-order valence-electron chi connectivity index (χ3n) is 3.07. The molecule has 2 rings (SSSR count). The molecular weight excluding hydrogens is 255 g/mol. The Morgan fingerprint density at radius 1 is 1.00 bits per heavy atom. The van der Waals surface area contributed by atoms with Crippen molar-refractivity contribution in [3.63, 3.8) is 0 Å². The van der Waals surface area contributed by atoms with E-state index in [0.29, 0.717) is 0 Å². The Hall–Kier alpha value is -0.600. The zero-order valence-corrected chi connectivity index (χ0v) is 12.2. The van der Waals surface area contributed by atoms with E-state index in [1.807, 2.05) is 0 Å². The molecule has 0 bridgehead atoms. The molecule has 0 atom stereocenters. The summed E-state index contributed by atoms with van der Waals surface area (Å²) in [6.45, 7) is 2.44. The zero-order chi connectivity index (χ0) is 10.7. The molecule has 0 aromatic heterocycles. The van der Waals surface area contributed by atoms with E-state index >= 15 is 0 Å². The van der Waals surface area contributed by atoms with Gasteiger partial charge in [0.25, 0.3) is 0 Å². The molecule has 0 unspecified atom stereocenters. The summed E-state index contributed by atoms with van der Waals surface area (Å²) in [5.74, 6) is 0. The first kappa shape index (κ1) is 16.4. The molecule has 0 spiro atoms. The van der Waals surface area contributed by atoms with Crippen molar-refractivity contribution in [2.45, 2.75) is 19.3 Å². The zero-order valence-electron chi connectivity index (χ0n) is 10.6. The van der Waals surface area contributed by atoms with Crippen LogP contribution in [0.5, 0.6) is 0 Å². The van der Waals surface area contributed by atoms with Crippen LogP contribution in [0, 0.1) is 0 Å². The summed E-state index contributed by atoms with van der Waals surface area (Å²) in [6.07, 6.45) is 4.07. The summed E-state index contributed by atoms with van der Waals surface area (Å²) in [5.41, 5.74) is 2.67. The first-order valence-electron chi connectivity index (χ1n) is 5.80. The van der Waals surface area contributed by atoms with Crippen LogP contribution in [0.3, 0.4) is 0 Å². The van der Waals surface area contributed by atoms with E-state index < -0.39 is 0 Å². The van der Waals surface area contributed by atoms with Gasteiger partial charge in [0.15, 0.2) is 0 Å². The first-order valence-corrected chi connectivity index (χ1v) is 5.80. The lowest BCUT2D eigenvalue weighted by molar-refractivity contribution is 0.578. The van der Waals surface area contributed by atoms with Gasteiger partial charge in [0.1, 0.15) is 0 Å². The molecule has 0 radical (unpaired) electrons.